The lowest BCUT2D eigenvalue weighted by Crippen LogP contribution is -2.40. The first-order chi connectivity index (χ1) is 64.4. The third kappa shape index (κ3) is 23.6. The molecule has 0 aliphatic heterocycles. The van der Waals surface area contributed by atoms with Gasteiger partial charge in [0, 0.05) is 92.4 Å². The first-order valence-electron chi connectivity index (χ1n) is 43.9. The van der Waals surface area contributed by atoms with Gasteiger partial charge in [-0.05, 0) is 140 Å². The molecule has 12 aromatic rings. The average molecular weight is 1920 g/mol. The normalized spacial score (nSPS) is 11.5. The van der Waals surface area contributed by atoms with Gasteiger partial charge in [-0.15, -0.1) is 0 Å². The van der Waals surface area contributed by atoms with E-state index < -0.39 is 132 Å². The first kappa shape index (κ1) is 107. The van der Waals surface area contributed by atoms with Gasteiger partial charge in [0.25, 0.3) is 0 Å². The second kappa shape index (κ2) is 47.6. The number of aliphatic carboxylic acids is 1. The predicted octanol–water partition coefficient (Wildman–Crippen LogP) is 17.7. The summed E-state index contributed by atoms with van der Waals surface area (Å²) in [7, 11) is -15.5. The molecular weight excluding hydrogens is 1800 g/mol. The van der Waals surface area contributed by atoms with Crippen LogP contribution in [0.3, 0.4) is 0 Å². The van der Waals surface area contributed by atoms with Crippen LogP contribution in [-0.4, -0.2) is 132 Å². The fourth-order valence-corrected chi connectivity index (χ4v) is 26.9. The molecule has 0 heterocycles. The van der Waals surface area contributed by atoms with Gasteiger partial charge in [-0.1, -0.05) is 288 Å². The van der Waals surface area contributed by atoms with Crippen LogP contribution in [0.4, 0.5) is 0 Å². The Hall–Kier alpha value is -12.8. The Morgan fingerprint density at radius 1 is 0.265 bits per heavy atom. The van der Waals surface area contributed by atoms with Crippen molar-refractivity contribution in [3.8, 4) is 23.0 Å². The van der Waals surface area contributed by atoms with Crippen molar-refractivity contribution in [1.82, 2.24) is 0 Å². The fraction of sp³-hybridized carbons (Fsp3) is 0.266. The van der Waals surface area contributed by atoms with Crippen molar-refractivity contribution in [2.24, 2.45) is 10.8 Å². The van der Waals surface area contributed by atoms with Crippen molar-refractivity contribution < 1.29 is 110 Å². The number of ether oxygens (including phenoxy) is 7. The Kier molecular flexibility index (Phi) is 37.4. The molecule has 0 aromatic heterocycles. The van der Waals surface area contributed by atoms with Gasteiger partial charge in [-0.25, -0.2) is 19.2 Å². The number of aryl methyl sites for hydroxylation is 8. The monoisotopic (exact) mass is 1920 g/mol. The van der Waals surface area contributed by atoms with Crippen molar-refractivity contribution in [2.75, 3.05) is 66.1 Å². The maximum absolute atomic E-state index is 15.3. The number of rotatable bonds is 39. The molecule has 0 saturated carbocycles. The molecule has 0 bridgehead atoms. The molecule has 0 aliphatic carbocycles. The van der Waals surface area contributed by atoms with Crippen molar-refractivity contribution in [1.29, 1.82) is 0 Å². The highest BCUT2D eigenvalue weighted by Crippen LogP contribution is 2.54. The van der Waals surface area contributed by atoms with Crippen molar-refractivity contribution in [2.45, 2.75) is 117 Å². The molecule has 27 heteroatoms. The van der Waals surface area contributed by atoms with Gasteiger partial charge in [0.05, 0.1) is 25.2 Å². The van der Waals surface area contributed by atoms with Crippen LogP contribution < -0.4 is 61.4 Å². The van der Waals surface area contributed by atoms with Crippen molar-refractivity contribution in [3.63, 3.8) is 0 Å². The molecule has 0 amide bonds. The second-order valence-corrected chi connectivity index (χ2v) is 44.0. The van der Waals surface area contributed by atoms with Gasteiger partial charge >= 0.3 is 23.9 Å². The lowest BCUT2D eigenvalue weighted by molar-refractivity contribution is -0.165. The van der Waals surface area contributed by atoms with Gasteiger partial charge in [0.1, 0.15) is 42.8 Å². The van der Waals surface area contributed by atoms with E-state index in [0.29, 0.717) is 121 Å². The maximum atomic E-state index is 15.3. The Balaban J connectivity index is 0.000000427. The minimum absolute atomic E-state index is 0. The number of hydrogen-bond donors (Lipinski definition) is 4. The van der Waals surface area contributed by atoms with Crippen molar-refractivity contribution in [3.05, 3.63) is 356 Å². The number of esters is 3. The zero-order valence-electron chi connectivity index (χ0n) is 78.2. The Bertz CT molecular complexity index is 5840. The standard InChI is InChI=1S/C78H77O15P3.C24H23O5P.C6H14O3.CH4/c1-11-78(48-91-66(79)45-88-72-54(5)42-51(2)69(57(72)8)75(82)94(85,60-30-18-12-19-31-60)61-32-20-13-21-33-61,49-92-67(80)46-89-73-55(6)43-52(3)70(58(73)9)76(83)95(86,62-34-22-14-23-35-62)63-36-24-15-25-37-63)50-93-68(81)47-90-74-56(7)44-53(4)71(59(74)10)77(84)96(87,64-38-26-16-27-39-64)65-40-28-17-29-41-65;1-16-14-17(2)23(29-15-21(25)26)18(3)22(16)24(27)30(28,19-10-6-4-7-11-19)20-12-8-5-9-13-20;1-2-6(3-7,4-8)5-9;/h12-44H,11,45-50H2,1-10H3;4-14H,15H2,1-3H3,(H,25,26);7-9H,2-5H2,1H3;1H4. The molecule has 12 rings (SSSR count). The topological polar surface area (TPSA) is 350 Å². The molecule has 0 saturated heterocycles. The molecule has 0 atom stereocenters. The zero-order chi connectivity index (χ0) is 98.3. The predicted molar refractivity (Wildman–Crippen MR) is 535 cm³/mol. The van der Waals surface area contributed by atoms with Crippen LogP contribution in [0.15, 0.2) is 267 Å². The summed E-state index contributed by atoms with van der Waals surface area (Å²) < 4.78 is 102. The van der Waals surface area contributed by atoms with Crippen LogP contribution in [0.25, 0.3) is 0 Å². The van der Waals surface area contributed by atoms with E-state index in [-0.39, 0.29) is 67.6 Å². The van der Waals surface area contributed by atoms with Crippen LogP contribution in [0.5, 0.6) is 23.0 Å². The van der Waals surface area contributed by atoms with Crippen LogP contribution in [0.2, 0.25) is 0 Å². The molecule has 0 fully saturated rings. The molecule has 0 aliphatic rings. The van der Waals surface area contributed by atoms with Crippen LogP contribution in [0.1, 0.15) is 142 Å². The zero-order valence-corrected chi connectivity index (χ0v) is 81.8. The smallest absolute Gasteiger partial charge is 0.344 e. The average Bonchev–Trinajstić information content (AvgIpc) is 0.761. The number of carboxylic acid groups (broad SMARTS) is 1. The summed E-state index contributed by atoms with van der Waals surface area (Å²) in [6.07, 6.45) is 0.694. The number of carboxylic acids is 1. The Morgan fingerprint density at radius 3 is 0.581 bits per heavy atom. The maximum Gasteiger partial charge on any atom is 0.344 e. The van der Waals surface area contributed by atoms with Gasteiger partial charge in [0.2, 0.25) is 50.7 Å². The molecule has 0 spiro atoms. The Labute approximate surface area is 795 Å². The highest BCUT2D eigenvalue weighted by molar-refractivity contribution is 7.95. The molecule has 136 heavy (non-hydrogen) atoms. The first-order valence-corrected chi connectivity index (χ1v) is 50.7. The van der Waals surface area contributed by atoms with E-state index in [1.165, 1.54) is 0 Å². The summed E-state index contributed by atoms with van der Waals surface area (Å²) in [6, 6.07) is 75.8. The molecule has 4 N–H and O–H groups in total. The van der Waals surface area contributed by atoms with Crippen LogP contribution >= 0.6 is 28.6 Å². The highest BCUT2D eigenvalue weighted by atomic mass is 31.2. The van der Waals surface area contributed by atoms with E-state index in [9.17, 15) is 42.9 Å². The van der Waals surface area contributed by atoms with Gasteiger partial charge in [-0.3, -0.25) is 19.2 Å². The van der Waals surface area contributed by atoms with E-state index in [2.05, 4.69) is 0 Å². The summed E-state index contributed by atoms with van der Waals surface area (Å²) >= 11 is 0. The summed E-state index contributed by atoms with van der Waals surface area (Å²) in [4.78, 5) is 111. The van der Waals surface area contributed by atoms with Crippen LogP contribution in [0, 0.1) is 93.9 Å². The minimum Gasteiger partial charge on any atom is -0.481 e. The molecule has 12 aromatic carbocycles. The summed E-state index contributed by atoms with van der Waals surface area (Å²) in [5.41, 5.74) is 2.86. The third-order valence-electron chi connectivity index (χ3n) is 24.0. The molecule has 0 radical (unpaired) electrons. The van der Waals surface area contributed by atoms with E-state index in [1.807, 2.05) is 19.1 Å². The number of carbonyl (C=O) groups excluding carboxylic acids is 7. The number of aliphatic hydroxyl groups excluding tert-OH is 3. The van der Waals surface area contributed by atoms with E-state index in [4.69, 9.17) is 53.6 Å². The third-order valence-corrected chi connectivity index (χ3v) is 35.4. The van der Waals surface area contributed by atoms with E-state index in [0.717, 1.165) is 5.56 Å². The van der Waals surface area contributed by atoms with E-state index in [1.54, 1.807) is 345 Å². The number of aliphatic hydroxyl groups is 3. The second-order valence-electron chi connectivity index (χ2n) is 33.4. The molecule has 712 valence electrons. The van der Waals surface area contributed by atoms with Gasteiger partial charge < -0.3 is 71.8 Å². The summed E-state index contributed by atoms with van der Waals surface area (Å²) in [5.74, 6) is -2.79. The van der Waals surface area contributed by atoms with E-state index >= 15 is 13.7 Å². The minimum atomic E-state index is -3.96. The SMILES string of the molecule is C.CCC(CO)(CO)CO.CCC(COC(=O)COc1c(C)cc(C)c(C(=O)P(=O)(c2ccccc2)c2ccccc2)c1C)(COC(=O)COc1c(C)cc(C)c(C(=O)P(=O)(c2ccccc2)c2ccccc2)c1C)COC(=O)COc1c(C)cc(C)c(C(=O)P(=O)(c2ccccc2)c2ccccc2)c1C.Cc1cc(C)c(C(=O)P(=O)(c2ccccc2)c2ccccc2)c(C)c1OCC(=O)O. The molecule has 23 nitrogen and oxygen atoms in total. The quantitative estimate of drug-likeness (QED) is 0.0158. The molecule has 0 unspecified atom stereocenters. The lowest BCUT2D eigenvalue weighted by Gasteiger charge is -2.31. The largest absolute Gasteiger partial charge is 0.481 e. The van der Waals surface area contributed by atoms with Crippen molar-refractivity contribution >= 4 is 117 Å². The summed E-state index contributed by atoms with van der Waals surface area (Å²) in [6.45, 7) is 19.9. The Morgan fingerprint density at radius 2 is 0.434 bits per heavy atom. The summed E-state index contributed by atoms with van der Waals surface area (Å²) in [5, 5.41) is 38.0. The number of carbonyl (C=O) groups is 8. The fourth-order valence-electron chi connectivity index (χ4n) is 16.4. The van der Waals surface area contributed by atoms with Crippen LogP contribution in [-0.2, 0) is 51.6 Å². The van der Waals surface area contributed by atoms with Gasteiger partial charge in [-0.2, -0.15) is 0 Å². The number of benzene rings is 12. The lowest BCUT2D eigenvalue weighted by atomic mass is 9.88. The highest BCUT2D eigenvalue weighted by Gasteiger charge is 2.45. The molecular formula is C109H118O23P4. The number of hydrogen-bond acceptors (Lipinski definition) is 22. The van der Waals surface area contributed by atoms with Gasteiger partial charge in [0.15, 0.2) is 26.4 Å².